The van der Waals surface area contributed by atoms with E-state index >= 15 is 0 Å². The predicted molar refractivity (Wildman–Crippen MR) is 124 cm³/mol. The average Bonchev–Trinajstić information content (AvgIpc) is 2.76. The molecular formula is C25H41NO5. The fourth-order valence-corrected chi connectivity index (χ4v) is 3.36. The van der Waals surface area contributed by atoms with E-state index < -0.39 is 24.4 Å². The van der Waals surface area contributed by atoms with Crippen LogP contribution < -0.4 is 5.73 Å². The second-order valence-corrected chi connectivity index (χ2v) is 8.13. The minimum Gasteiger partial charge on any atom is -0.507 e. The van der Waals surface area contributed by atoms with Crippen molar-refractivity contribution in [1.82, 2.24) is 0 Å². The molecule has 0 amide bonds. The minimum atomic E-state index is -1.69. The Balaban J connectivity index is 2.14. The van der Waals surface area contributed by atoms with Crippen LogP contribution in [0.5, 0.6) is 5.75 Å². The maximum absolute atomic E-state index is 12.0. The number of aliphatic hydroxyl groups is 2. The molecule has 3 atom stereocenters. The summed E-state index contributed by atoms with van der Waals surface area (Å²) in [7, 11) is 0. The van der Waals surface area contributed by atoms with Gasteiger partial charge >= 0.3 is 5.97 Å². The molecule has 1 unspecified atom stereocenters. The Kier molecular flexibility index (Phi) is 14.7. The number of nitrogens with two attached hydrogens (primary N) is 1. The Morgan fingerprint density at radius 2 is 1.52 bits per heavy atom. The molecule has 0 saturated carbocycles. The number of esters is 1. The van der Waals surface area contributed by atoms with Gasteiger partial charge in [0.1, 0.15) is 11.3 Å². The molecule has 5 N–H and O–H groups in total. The second kappa shape index (κ2) is 16.8. The van der Waals surface area contributed by atoms with Crippen molar-refractivity contribution in [3.63, 3.8) is 0 Å². The number of hydrogen-bond donors (Lipinski definition) is 4. The fraction of sp³-hybridized carbons (Fsp3) is 0.640. The van der Waals surface area contributed by atoms with Gasteiger partial charge in [-0.3, -0.25) is 0 Å². The number of hydrogen-bond acceptors (Lipinski definition) is 6. The van der Waals surface area contributed by atoms with E-state index in [0.29, 0.717) is 0 Å². The first-order valence-corrected chi connectivity index (χ1v) is 11.7. The van der Waals surface area contributed by atoms with E-state index in [1.165, 1.54) is 76.0 Å². The van der Waals surface area contributed by atoms with Crippen LogP contribution in [-0.4, -0.2) is 39.7 Å². The largest absolute Gasteiger partial charge is 0.507 e. The zero-order valence-electron chi connectivity index (χ0n) is 18.9. The molecule has 0 aliphatic heterocycles. The first-order valence-electron chi connectivity index (χ1n) is 11.7. The molecule has 0 aromatic heterocycles. The van der Waals surface area contributed by atoms with Crippen LogP contribution in [0.4, 0.5) is 0 Å². The van der Waals surface area contributed by atoms with Crippen LogP contribution in [-0.2, 0) is 4.74 Å². The number of carbonyl (C=O) groups is 1. The number of aliphatic hydroxyl groups excluding tert-OH is 2. The Morgan fingerprint density at radius 1 is 0.968 bits per heavy atom. The molecule has 1 rings (SSSR count). The molecule has 0 saturated heterocycles. The number of benzene rings is 1. The maximum atomic E-state index is 12.0. The number of allylic oxidation sites excluding steroid dienone is 1. The van der Waals surface area contributed by atoms with Gasteiger partial charge < -0.3 is 25.8 Å². The van der Waals surface area contributed by atoms with Crippen molar-refractivity contribution in [3.8, 4) is 5.75 Å². The van der Waals surface area contributed by atoms with Crippen molar-refractivity contribution in [2.24, 2.45) is 5.73 Å². The van der Waals surface area contributed by atoms with Crippen molar-refractivity contribution in [3.05, 3.63) is 42.0 Å². The SMILES string of the molecule is CCCCCCCCCCCCC/C=C/[C@@H](O)[C@H](N)C(O)OC(=O)c1ccccc1O. The highest BCUT2D eigenvalue weighted by atomic mass is 16.6. The molecule has 0 bridgehead atoms. The van der Waals surface area contributed by atoms with E-state index in [-0.39, 0.29) is 11.3 Å². The molecule has 0 heterocycles. The predicted octanol–water partition coefficient (Wildman–Crippen LogP) is 4.81. The van der Waals surface area contributed by atoms with Gasteiger partial charge in [-0.2, -0.15) is 0 Å². The number of unbranched alkanes of at least 4 members (excludes halogenated alkanes) is 11. The molecule has 0 radical (unpaired) electrons. The van der Waals surface area contributed by atoms with Gasteiger partial charge in [0.05, 0.1) is 12.1 Å². The summed E-state index contributed by atoms with van der Waals surface area (Å²) >= 11 is 0. The van der Waals surface area contributed by atoms with Gasteiger partial charge in [0, 0.05) is 0 Å². The summed E-state index contributed by atoms with van der Waals surface area (Å²) in [5.41, 5.74) is 5.71. The Hall–Kier alpha value is -1.89. The molecule has 31 heavy (non-hydrogen) atoms. The van der Waals surface area contributed by atoms with E-state index in [4.69, 9.17) is 10.5 Å². The number of aromatic hydroxyl groups is 1. The van der Waals surface area contributed by atoms with E-state index in [1.54, 1.807) is 12.1 Å². The van der Waals surface area contributed by atoms with Crippen LogP contribution in [0.25, 0.3) is 0 Å². The fourth-order valence-electron chi connectivity index (χ4n) is 3.36. The number of para-hydroxylation sites is 1. The van der Waals surface area contributed by atoms with Gasteiger partial charge in [-0.15, -0.1) is 0 Å². The van der Waals surface area contributed by atoms with Crippen LogP contribution in [0.15, 0.2) is 36.4 Å². The van der Waals surface area contributed by atoms with E-state index in [1.807, 2.05) is 6.08 Å². The summed E-state index contributed by atoms with van der Waals surface area (Å²) in [6.07, 6.45) is 15.5. The van der Waals surface area contributed by atoms with Crippen molar-refractivity contribution < 1.29 is 24.9 Å². The van der Waals surface area contributed by atoms with Gasteiger partial charge in [-0.1, -0.05) is 95.4 Å². The van der Waals surface area contributed by atoms with E-state index in [9.17, 15) is 20.1 Å². The van der Waals surface area contributed by atoms with Crippen molar-refractivity contribution >= 4 is 5.97 Å². The first kappa shape index (κ1) is 27.1. The summed E-state index contributed by atoms with van der Waals surface area (Å²) in [5, 5.41) is 29.7. The number of rotatable bonds is 17. The molecule has 0 fully saturated rings. The monoisotopic (exact) mass is 435 g/mol. The molecule has 6 heteroatoms. The summed E-state index contributed by atoms with van der Waals surface area (Å²) in [6.45, 7) is 2.24. The lowest BCUT2D eigenvalue weighted by molar-refractivity contribution is -0.0932. The lowest BCUT2D eigenvalue weighted by Crippen LogP contribution is -2.46. The topological polar surface area (TPSA) is 113 Å². The molecule has 176 valence electrons. The Bertz CT molecular complexity index is 634. The summed E-state index contributed by atoms with van der Waals surface area (Å²) in [4.78, 5) is 12.0. The van der Waals surface area contributed by atoms with Gasteiger partial charge in [-0.05, 0) is 25.0 Å². The lowest BCUT2D eigenvalue weighted by atomic mass is 10.0. The van der Waals surface area contributed by atoms with Gasteiger partial charge in [-0.25, -0.2) is 4.79 Å². The summed E-state index contributed by atoms with van der Waals surface area (Å²) in [6, 6.07) is 4.67. The Morgan fingerprint density at radius 3 is 2.10 bits per heavy atom. The van der Waals surface area contributed by atoms with Crippen molar-refractivity contribution in [2.45, 2.75) is 102 Å². The highest BCUT2D eigenvalue weighted by molar-refractivity contribution is 5.92. The van der Waals surface area contributed by atoms with Gasteiger partial charge in [0.2, 0.25) is 6.29 Å². The van der Waals surface area contributed by atoms with E-state index in [2.05, 4.69) is 6.92 Å². The maximum Gasteiger partial charge on any atom is 0.344 e. The van der Waals surface area contributed by atoms with Gasteiger partial charge in [0.15, 0.2) is 0 Å². The average molecular weight is 436 g/mol. The van der Waals surface area contributed by atoms with Crippen molar-refractivity contribution in [1.29, 1.82) is 0 Å². The minimum absolute atomic E-state index is 0.0738. The highest BCUT2D eigenvalue weighted by Crippen LogP contribution is 2.18. The van der Waals surface area contributed by atoms with Gasteiger partial charge in [0.25, 0.3) is 0 Å². The molecule has 1 aromatic carbocycles. The first-order chi connectivity index (χ1) is 15.0. The summed E-state index contributed by atoms with van der Waals surface area (Å²) < 4.78 is 4.86. The quantitative estimate of drug-likeness (QED) is 0.121. The molecular weight excluding hydrogens is 394 g/mol. The number of phenols is 1. The van der Waals surface area contributed by atoms with Crippen LogP contribution >= 0.6 is 0 Å². The lowest BCUT2D eigenvalue weighted by Gasteiger charge is -2.22. The van der Waals surface area contributed by atoms with Crippen molar-refractivity contribution in [2.75, 3.05) is 0 Å². The molecule has 0 aliphatic rings. The Labute approximate surface area is 187 Å². The zero-order valence-corrected chi connectivity index (χ0v) is 18.9. The third-order valence-electron chi connectivity index (χ3n) is 5.38. The number of phenolic OH excluding ortho intramolecular Hbond substituents is 1. The molecule has 1 aromatic rings. The number of ether oxygens (including phenoxy) is 1. The van der Waals surface area contributed by atoms with Crippen LogP contribution in [0, 0.1) is 0 Å². The normalized spacial score (nSPS) is 14.5. The second-order valence-electron chi connectivity index (χ2n) is 8.13. The van der Waals surface area contributed by atoms with E-state index in [0.717, 1.165) is 19.3 Å². The molecule has 0 spiro atoms. The molecule has 6 nitrogen and oxygen atoms in total. The van der Waals surface area contributed by atoms with Crippen LogP contribution in [0.3, 0.4) is 0 Å². The van der Waals surface area contributed by atoms with Crippen LogP contribution in [0.2, 0.25) is 0 Å². The zero-order chi connectivity index (χ0) is 22.9. The summed E-state index contributed by atoms with van der Waals surface area (Å²) in [5.74, 6) is -1.15. The third-order valence-corrected chi connectivity index (χ3v) is 5.38. The third kappa shape index (κ3) is 11.9. The standard InChI is InChI=1S/C25H41NO5/c1-2-3-4-5-6-7-8-9-10-11-12-13-14-19-22(28)23(26)25(30)31-24(29)20-17-15-16-18-21(20)27/h14-19,22-23,25,27-28,30H,2-13,26H2,1H3/b19-14+/t22-,23+,25?/m1/s1. The molecule has 0 aliphatic carbocycles. The number of carbonyl (C=O) groups excluding carboxylic acids is 1. The smallest absolute Gasteiger partial charge is 0.344 e. The highest BCUT2D eigenvalue weighted by Gasteiger charge is 2.26. The van der Waals surface area contributed by atoms with Crippen LogP contribution in [0.1, 0.15) is 94.3 Å².